The molecule has 0 fully saturated rings. The zero-order valence-corrected chi connectivity index (χ0v) is 11.1. The quantitative estimate of drug-likeness (QED) is 0.860. The number of sulfone groups is 1. The van der Waals surface area contributed by atoms with Gasteiger partial charge in [-0.1, -0.05) is 18.2 Å². The van der Waals surface area contributed by atoms with E-state index in [4.69, 9.17) is 5.11 Å². The minimum Gasteiger partial charge on any atom is -0.478 e. The molecule has 0 spiro atoms. The van der Waals surface area contributed by atoms with Gasteiger partial charge in [-0.3, -0.25) is 0 Å². The number of hydrogen-bond donors (Lipinski definition) is 1. The van der Waals surface area contributed by atoms with Gasteiger partial charge < -0.3 is 5.11 Å². The molecule has 0 amide bonds. The fourth-order valence-corrected chi connectivity index (χ4v) is 2.47. The van der Waals surface area contributed by atoms with Gasteiger partial charge in [0.05, 0.1) is 17.9 Å². The van der Waals surface area contributed by atoms with Crippen LogP contribution in [0.1, 0.15) is 17.3 Å². The number of benzene rings is 1. The Morgan fingerprint density at radius 1 is 1.42 bits per heavy atom. The number of aryl methyl sites for hydroxylation is 1. The van der Waals surface area contributed by atoms with Gasteiger partial charge >= 0.3 is 5.97 Å². The highest BCUT2D eigenvalue weighted by molar-refractivity contribution is 7.91. The van der Waals surface area contributed by atoms with Crippen molar-refractivity contribution in [2.45, 2.75) is 13.5 Å². The van der Waals surface area contributed by atoms with E-state index in [1.54, 1.807) is 19.1 Å². The molecule has 0 radical (unpaired) electrons. The zero-order chi connectivity index (χ0) is 14.0. The fourth-order valence-electron chi connectivity index (χ4n) is 1.73. The first-order valence-corrected chi connectivity index (χ1v) is 7.52. The van der Waals surface area contributed by atoms with Gasteiger partial charge in [-0.2, -0.15) is 0 Å². The molecule has 2 rings (SSSR count). The summed E-state index contributed by atoms with van der Waals surface area (Å²) in [6.45, 7) is 1.66. The number of aromatic carboxylic acids is 1. The first kappa shape index (κ1) is 13.5. The van der Waals surface area contributed by atoms with Crippen LogP contribution in [0.25, 0.3) is 11.0 Å². The molecule has 0 unspecified atom stereocenters. The summed E-state index contributed by atoms with van der Waals surface area (Å²) >= 11 is 0. The van der Waals surface area contributed by atoms with Crippen molar-refractivity contribution in [3.63, 3.8) is 0 Å². The Hall–Kier alpha value is -1.96. The molecule has 0 saturated heterocycles. The van der Waals surface area contributed by atoms with Gasteiger partial charge in [0.25, 0.3) is 0 Å². The number of fused-ring (bicyclic) bond motifs is 1. The normalized spacial score (nSPS) is 11.8. The maximum atomic E-state index is 11.5. The Kier molecular flexibility index (Phi) is 3.52. The molecule has 1 N–H and O–H groups in total. The van der Waals surface area contributed by atoms with Crippen LogP contribution in [-0.2, 0) is 16.4 Å². The van der Waals surface area contributed by atoms with Crippen LogP contribution in [0.2, 0.25) is 0 Å². The van der Waals surface area contributed by atoms with Crippen molar-refractivity contribution < 1.29 is 18.3 Å². The standard InChI is InChI=1S/C11H13N3O4S/c1-2-19(17,18)7-6-14-10-8(11(15)16)4-3-5-9(10)12-13-14/h3-5H,2,6-7H2,1H3,(H,15,16). The molecule has 1 aromatic heterocycles. The lowest BCUT2D eigenvalue weighted by atomic mass is 10.2. The molecule has 0 aliphatic heterocycles. The van der Waals surface area contributed by atoms with E-state index in [1.165, 1.54) is 10.7 Å². The van der Waals surface area contributed by atoms with Gasteiger partial charge in [0.15, 0.2) is 9.84 Å². The monoisotopic (exact) mass is 283 g/mol. The summed E-state index contributed by atoms with van der Waals surface area (Å²) in [5.41, 5.74) is 0.853. The second kappa shape index (κ2) is 4.96. The summed E-state index contributed by atoms with van der Waals surface area (Å²) in [4.78, 5) is 11.1. The minimum absolute atomic E-state index is 0.0470. The van der Waals surface area contributed by atoms with Crippen molar-refractivity contribution in [2.75, 3.05) is 11.5 Å². The van der Waals surface area contributed by atoms with Crippen LogP contribution in [0, 0.1) is 0 Å². The second-order valence-corrected chi connectivity index (χ2v) is 6.50. The first-order chi connectivity index (χ1) is 8.94. The number of carboxylic acids is 1. The number of carbonyl (C=O) groups is 1. The van der Waals surface area contributed by atoms with E-state index in [-0.39, 0.29) is 23.6 Å². The molecule has 0 aliphatic rings. The molecule has 2 aromatic rings. The topological polar surface area (TPSA) is 102 Å². The average Bonchev–Trinajstić information content (AvgIpc) is 2.79. The van der Waals surface area contributed by atoms with Crippen LogP contribution in [0.3, 0.4) is 0 Å². The van der Waals surface area contributed by atoms with Gasteiger partial charge in [-0.25, -0.2) is 17.9 Å². The smallest absolute Gasteiger partial charge is 0.337 e. The Morgan fingerprint density at radius 2 is 2.16 bits per heavy atom. The number of para-hydroxylation sites is 1. The lowest BCUT2D eigenvalue weighted by Gasteiger charge is -2.04. The predicted octanol–water partition coefficient (Wildman–Crippen LogP) is 0.564. The molecule has 102 valence electrons. The molecule has 8 heteroatoms. The van der Waals surface area contributed by atoms with E-state index in [9.17, 15) is 13.2 Å². The van der Waals surface area contributed by atoms with Crippen LogP contribution < -0.4 is 0 Å². The van der Waals surface area contributed by atoms with Crippen molar-refractivity contribution in [2.24, 2.45) is 0 Å². The molecule has 0 saturated carbocycles. The molecule has 0 bridgehead atoms. The number of hydrogen-bond acceptors (Lipinski definition) is 5. The van der Waals surface area contributed by atoms with Gasteiger partial charge in [0.2, 0.25) is 0 Å². The average molecular weight is 283 g/mol. The van der Waals surface area contributed by atoms with E-state index in [0.29, 0.717) is 11.0 Å². The summed E-state index contributed by atoms with van der Waals surface area (Å²) in [6.07, 6.45) is 0. The third kappa shape index (κ3) is 2.73. The van der Waals surface area contributed by atoms with Crippen molar-refractivity contribution in [3.05, 3.63) is 23.8 Å². The Bertz CT molecular complexity index is 721. The van der Waals surface area contributed by atoms with E-state index < -0.39 is 15.8 Å². The third-order valence-corrected chi connectivity index (χ3v) is 4.50. The Morgan fingerprint density at radius 3 is 2.79 bits per heavy atom. The van der Waals surface area contributed by atoms with E-state index in [2.05, 4.69) is 10.3 Å². The lowest BCUT2D eigenvalue weighted by molar-refractivity contribution is 0.0698. The summed E-state index contributed by atoms with van der Waals surface area (Å²) in [5.74, 6) is -1.13. The highest BCUT2D eigenvalue weighted by Gasteiger charge is 2.16. The van der Waals surface area contributed by atoms with Crippen molar-refractivity contribution in [3.8, 4) is 0 Å². The molecule has 7 nitrogen and oxygen atoms in total. The van der Waals surface area contributed by atoms with Crippen LogP contribution >= 0.6 is 0 Å². The maximum absolute atomic E-state index is 11.5. The van der Waals surface area contributed by atoms with E-state index >= 15 is 0 Å². The van der Waals surface area contributed by atoms with E-state index in [0.717, 1.165) is 0 Å². The van der Waals surface area contributed by atoms with Gasteiger partial charge in [-0.15, -0.1) is 5.10 Å². The molecule has 1 aromatic carbocycles. The third-order valence-electron chi connectivity index (χ3n) is 2.82. The van der Waals surface area contributed by atoms with Gasteiger partial charge in [0.1, 0.15) is 11.0 Å². The molecular weight excluding hydrogens is 270 g/mol. The Balaban J connectivity index is 2.42. The highest BCUT2D eigenvalue weighted by atomic mass is 32.2. The molecular formula is C11H13N3O4S. The van der Waals surface area contributed by atoms with Crippen molar-refractivity contribution >= 4 is 26.8 Å². The zero-order valence-electron chi connectivity index (χ0n) is 10.3. The lowest BCUT2D eigenvalue weighted by Crippen LogP contribution is -2.16. The number of carboxylic acid groups (broad SMARTS) is 1. The number of aromatic nitrogens is 3. The molecule has 0 atom stereocenters. The largest absolute Gasteiger partial charge is 0.478 e. The highest BCUT2D eigenvalue weighted by Crippen LogP contribution is 2.16. The van der Waals surface area contributed by atoms with Crippen LogP contribution in [0.4, 0.5) is 0 Å². The minimum atomic E-state index is -3.13. The Labute approximate surface area is 109 Å². The van der Waals surface area contributed by atoms with Gasteiger partial charge in [0, 0.05) is 5.75 Å². The van der Waals surface area contributed by atoms with Crippen LogP contribution in [-0.4, -0.2) is 46.0 Å². The van der Waals surface area contributed by atoms with E-state index in [1.807, 2.05) is 0 Å². The maximum Gasteiger partial charge on any atom is 0.337 e. The number of nitrogens with zero attached hydrogens (tertiary/aromatic N) is 3. The predicted molar refractivity (Wildman–Crippen MR) is 68.8 cm³/mol. The van der Waals surface area contributed by atoms with Crippen LogP contribution in [0.5, 0.6) is 0 Å². The SMILES string of the molecule is CCS(=O)(=O)CCn1nnc2cccc(C(=O)O)c21. The summed E-state index contributed by atoms with van der Waals surface area (Å²) < 4.78 is 24.3. The first-order valence-electron chi connectivity index (χ1n) is 5.70. The number of rotatable bonds is 5. The molecule has 19 heavy (non-hydrogen) atoms. The fraction of sp³-hybridized carbons (Fsp3) is 0.364. The molecule has 0 aliphatic carbocycles. The second-order valence-electron chi connectivity index (χ2n) is 4.03. The molecule has 1 heterocycles. The summed E-state index contributed by atoms with van der Waals surface area (Å²) in [7, 11) is -3.13. The van der Waals surface area contributed by atoms with Crippen molar-refractivity contribution in [1.29, 1.82) is 0 Å². The van der Waals surface area contributed by atoms with Crippen molar-refractivity contribution in [1.82, 2.24) is 15.0 Å². The summed E-state index contributed by atoms with van der Waals surface area (Å²) in [6, 6.07) is 4.66. The summed E-state index contributed by atoms with van der Waals surface area (Å²) in [5, 5.41) is 16.8. The van der Waals surface area contributed by atoms with Gasteiger partial charge in [-0.05, 0) is 12.1 Å². The van der Waals surface area contributed by atoms with Crippen LogP contribution in [0.15, 0.2) is 18.2 Å².